The highest BCUT2D eigenvalue weighted by Gasteiger charge is 2.21. The first-order valence-electron chi connectivity index (χ1n) is 7.07. The number of nitrogen functional groups attached to an aromatic ring is 1. The summed E-state index contributed by atoms with van der Waals surface area (Å²) >= 11 is 0. The van der Waals surface area contributed by atoms with Crippen molar-refractivity contribution in [1.82, 2.24) is 4.90 Å². The smallest absolute Gasteiger partial charge is 0.150 e. The molecule has 0 saturated carbocycles. The molecule has 0 aromatic heterocycles. The van der Waals surface area contributed by atoms with Crippen LogP contribution in [0.15, 0.2) is 18.2 Å². The molecule has 1 aliphatic rings. The minimum Gasteiger partial charge on any atom is -0.396 e. The number of ether oxygens (including phenoxy) is 1. The summed E-state index contributed by atoms with van der Waals surface area (Å²) in [6, 6.07) is 5.22. The zero-order valence-corrected chi connectivity index (χ0v) is 11.6. The van der Waals surface area contributed by atoms with Gasteiger partial charge >= 0.3 is 0 Å². The van der Waals surface area contributed by atoms with Crippen LogP contribution in [0.5, 0.6) is 0 Å². The number of rotatable bonds is 5. The van der Waals surface area contributed by atoms with Crippen molar-refractivity contribution in [2.75, 3.05) is 25.4 Å². The van der Waals surface area contributed by atoms with E-state index >= 15 is 0 Å². The van der Waals surface area contributed by atoms with Crippen molar-refractivity contribution < 1.29 is 9.13 Å². The number of nitrogens with zero attached hydrogens (tertiary/aromatic N) is 1. The van der Waals surface area contributed by atoms with E-state index in [-0.39, 0.29) is 17.6 Å². The largest absolute Gasteiger partial charge is 0.396 e. The molecule has 106 valence electrons. The molecule has 0 bridgehead atoms. The molecule has 1 saturated heterocycles. The van der Waals surface area contributed by atoms with Gasteiger partial charge in [-0.15, -0.1) is 0 Å². The third-order valence-electron chi connectivity index (χ3n) is 3.52. The third kappa shape index (κ3) is 3.91. The van der Waals surface area contributed by atoms with E-state index in [9.17, 15) is 4.39 Å². The van der Waals surface area contributed by atoms with E-state index in [4.69, 9.17) is 10.5 Å². The fourth-order valence-corrected chi connectivity index (χ4v) is 2.54. The van der Waals surface area contributed by atoms with Gasteiger partial charge in [0.25, 0.3) is 0 Å². The molecular formula is C15H23FN2O. The van der Waals surface area contributed by atoms with Crippen molar-refractivity contribution >= 4 is 5.69 Å². The van der Waals surface area contributed by atoms with Gasteiger partial charge in [0.05, 0.1) is 11.8 Å². The van der Waals surface area contributed by atoms with Gasteiger partial charge in [0.2, 0.25) is 0 Å². The predicted octanol–water partition coefficient (Wildman–Crippen LogP) is 2.80. The maximum Gasteiger partial charge on any atom is 0.150 e. The van der Waals surface area contributed by atoms with Crippen molar-refractivity contribution in [1.29, 1.82) is 0 Å². The number of anilines is 1. The number of hydrogen-bond donors (Lipinski definition) is 1. The van der Waals surface area contributed by atoms with Gasteiger partial charge in [-0.2, -0.15) is 0 Å². The average Bonchev–Trinajstić information content (AvgIpc) is 2.42. The Morgan fingerprint density at radius 2 is 2.32 bits per heavy atom. The van der Waals surface area contributed by atoms with Crippen LogP contribution >= 0.6 is 0 Å². The standard InChI is InChI=1S/C15H23FN2O/c1-2-9-19-13-6-4-8-18(11-13)10-12-5-3-7-14(17)15(12)16/h3,5,7,13H,2,4,6,8-11,17H2,1H3. The normalized spacial score (nSPS) is 20.6. The lowest BCUT2D eigenvalue weighted by molar-refractivity contribution is -0.00246. The van der Waals surface area contributed by atoms with Crippen LogP contribution in [0.2, 0.25) is 0 Å². The SMILES string of the molecule is CCCOC1CCCN(Cc2cccc(N)c2F)C1. The summed E-state index contributed by atoms with van der Waals surface area (Å²) in [4.78, 5) is 2.25. The summed E-state index contributed by atoms with van der Waals surface area (Å²) in [5.41, 5.74) is 6.51. The zero-order chi connectivity index (χ0) is 13.7. The molecule has 0 radical (unpaired) electrons. The highest BCUT2D eigenvalue weighted by Crippen LogP contribution is 2.20. The Morgan fingerprint density at radius 3 is 3.11 bits per heavy atom. The summed E-state index contributed by atoms with van der Waals surface area (Å²) in [6.07, 6.45) is 3.55. The number of benzene rings is 1. The van der Waals surface area contributed by atoms with E-state index < -0.39 is 0 Å². The summed E-state index contributed by atoms with van der Waals surface area (Å²) in [5.74, 6) is -0.279. The Balaban J connectivity index is 1.93. The molecule has 1 heterocycles. The summed E-state index contributed by atoms with van der Waals surface area (Å²) < 4.78 is 19.7. The molecule has 1 aromatic carbocycles. The summed E-state index contributed by atoms with van der Waals surface area (Å²) in [7, 11) is 0. The maximum atomic E-state index is 13.9. The third-order valence-corrected chi connectivity index (χ3v) is 3.52. The highest BCUT2D eigenvalue weighted by molar-refractivity contribution is 5.42. The highest BCUT2D eigenvalue weighted by atomic mass is 19.1. The first-order chi connectivity index (χ1) is 9.20. The minimum atomic E-state index is -0.279. The molecule has 3 nitrogen and oxygen atoms in total. The topological polar surface area (TPSA) is 38.5 Å². The van der Waals surface area contributed by atoms with Crippen LogP contribution in [0.25, 0.3) is 0 Å². The second-order valence-corrected chi connectivity index (χ2v) is 5.19. The van der Waals surface area contributed by atoms with E-state index in [0.29, 0.717) is 12.1 Å². The van der Waals surface area contributed by atoms with Crippen molar-refractivity contribution in [3.8, 4) is 0 Å². The summed E-state index contributed by atoms with van der Waals surface area (Å²) in [6.45, 7) is 5.42. The molecule has 2 rings (SSSR count). The molecular weight excluding hydrogens is 243 g/mol. The monoisotopic (exact) mass is 266 g/mol. The molecule has 0 spiro atoms. The Labute approximate surface area is 114 Å². The first-order valence-corrected chi connectivity index (χ1v) is 7.07. The molecule has 4 heteroatoms. The van der Waals surface area contributed by atoms with Crippen LogP contribution in [0.4, 0.5) is 10.1 Å². The minimum absolute atomic E-state index is 0.230. The average molecular weight is 266 g/mol. The van der Waals surface area contributed by atoms with Crippen molar-refractivity contribution in [2.45, 2.75) is 38.8 Å². The predicted molar refractivity (Wildman–Crippen MR) is 75.4 cm³/mol. The van der Waals surface area contributed by atoms with Crippen LogP contribution in [0.1, 0.15) is 31.7 Å². The molecule has 0 aliphatic carbocycles. The lowest BCUT2D eigenvalue weighted by atomic mass is 10.1. The molecule has 1 fully saturated rings. The van der Waals surface area contributed by atoms with Gasteiger partial charge in [0.15, 0.2) is 5.82 Å². The van der Waals surface area contributed by atoms with Gasteiger partial charge in [-0.25, -0.2) is 4.39 Å². The van der Waals surface area contributed by atoms with E-state index in [1.807, 2.05) is 12.1 Å². The second-order valence-electron chi connectivity index (χ2n) is 5.19. The van der Waals surface area contributed by atoms with E-state index in [1.165, 1.54) is 0 Å². The van der Waals surface area contributed by atoms with Crippen LogP contribution in [-0.2, 0) is 11.3 Å². The van der Waals surface area contributed by atoms with E-state index in [0.717, 1.165) is 39.0 Å². The second kappa shape index (κ2) is 6.87. The van der Waals surface area contributed by atoms with Gasteiger partial charge < -0.3 is 10.5 Å². The fraction of sp³-hybridized carbons (Fsp3) is 0.600. The Hall–Kier alpha value is -1.13. The fourth-order valence-electron chi connectivity index (χ4n) is 2.54. The Kier molecular flexibility index (Phi) is 5.16. The lowest BCUT2D eigenvalue weighted by Crippen LogP contribution is -2.39. The Morgan fingerprint density at radius 1 is 1.47 bits per heavy atom. The molecule has 1 atom stereocenters. The summed E-state index contributed by atoms with van der Waals surface area (Å²) in [5, 5.41) is 0. The van der Waals surface area contributed by atoms with Gasteiger partial charge in [-0.05, 0) is 31.9 Å². The Bertz CT molecular complexity index is 411. The molecule has 1 unspecified atom stereocenters. The van der Waals surface area contributed by atoms with Crippen molar-refractivity contribution in [3.63, 3.8) is 0 Å². The van der Waals surface area contributed by atoms with Crippen molar-refractivity contribution in [2.24, 2.45) is 0 Å². The first kappa shape index (κ1) is 14.3. The quantitative estimate of drug-likeness (QED) is 0.833. The lowest BCUT2D eigenvalue weighted by Gasteiger charge is -2.32. The van der Waals surface area contributed by atoms with Crippen LogP contribution < -0.4 is 5.73 Å². The molecule has 2 N–H and O–H groups in total. The molecule has 19 heavy (non-hydrogen) atoms. The van der Waals surface area contributed by atoms with Gasteiger partial charge in [0, 0.05) is 25.3 Å². The zero-order valence-electron chi connectivity index (χ0n) is 11.6. The maximum absolute atomic E-state index is 13.9. The number of hydrogen-bond acceptors (Lipinski definition) is 3. The molecule has 1 aromatic rings. The molecule has 1 aliphatic heterocycles. The van der Waals surface area contributed by atoms with Crippen molar-refractivity contribution in [3.05, 3.63) is 29.6 Å². The number of halogens is 1. The van der Waals surface area contributed by atoms with Gasteiger partial charge in [-0.3, -0.25) is 4.90 Å². The van der Waals surface area contributed by atoms with Gasteiger partial charge in [0.1, 0.15) is 0 Å². The van der Waals surface area contributed by atoms with Gasteiger partial charge in [-0.1, -0.05) is 19.1 Å². The van der Waals surface area contributed by atoms with E-state index in [2.05, 4.69) is 11.8 Å². The number of likely N-dealkylation sites (tertiary alicyclic amines) is 1. The number of nitrogens with two attached hydrogens (primary N) is 1. The van der Waals surface area contributed by atoms with Crippen LogP contribution in [0.3, 0.4) is 0 Å². The molecule has 0 amide bonds. The van der Waals surface area contributed by atoms with E-state index in [1.54, 1.807) is 6.07 Å². The van der Waals surface area contributed by atoms with Crippen LogP contribution in [-0.4, -0.2) is 30.7 Å². The van der Waals surface area contributed by atoms with Crippen LogP contribution in [0, 0.1) is 5.82 Å². The number of piperidine rings is 1.